The van der Waals surface area contributed by atoms with E-state index in [1.54, 1.807) is 49.2 Å². The second-order valence-corrected chi connectivity index (χ2v) is 7.14. The SMILES string of the molecule is COc1ccc(OC[C@@H](O)CNC(=O)c2cc(C(C)(C)C)nn2C)cc1. The number of rotatable bonds is 7. The quantitative estimate of drug-likeness (QED) is 0.787. The normalized spacial score (nSPS) is 12.5. The Labute approximate surface area is 153 Å². The Morgan fingerprint density at radius 1 is 1.27 bits per heavy atom. The van der Waals surface area contributed by atoms with Crippen LogP contribution in [0.1, 0.15) is 37.0 Å². The van der Waals surface area contributed by atoms with Crippen LogP contribution in [0.15, 0.2) is 30.3 Å². The summed E-state index contributed by atoms with van der Waals surface area (Å²) in [6.07, 6.45) is -0.823. The number of aromatic nitrogens is 2. The Kier molecular flexibility index (Phi) is 6.26. The number of methoxy groups -OCH3 is 1. The maximum Gasteiger partial charge on any atom is 0.269 e. The molecule has 0 spiro atoms. The van der Waals surface area contributed by atoms with Crippen molar-refractivity contribution in [3.8, 4) is 11.5 Å². The number of aryl methyl sites for hydroxylation is 1. The number of nitrogens with zero attached hydrogens (tertiary/aromatic N) is 2. The lowest BCUT2D eigenvalue weighted by molar-refractivity contribution is 0.0836. The van der Waals surface area contributed by atoms with E-state index in [1.807, 2.05) is 20.8 Å². The number of aliphatic hydroxyl groups excluding tert-OH is 1. The van der Waals surface area contributed by atoms with E-state index in [-0.39, 0.29) is 24.5 Å². The van der Waals surface area contributed by atoms with Crippen LogP contribution < -0.4 is 14.8 Å². The smallest absolute Gasteiger partial charge is 0.269 e. The number of carbonyl (C=O) groups excluding carboxylic acids is 1. The van der Waals surface area contributed by atoms with Crippen LogP contribution in [-0.2, 0) is 12.5 Å². The summed E-state index contributed by atoms with van der Waals surface area (Å²) in [5, 5.41) is 17.1. The van der Waals surface area contributed by atoms with Gasteiger partial charge in [-0.05, 0) is 30.3 Å². The summed E-state index contributed by atoms with van der Waals surface area (Å²) in [5.41, 5.74) is 1.16. The lowest BCUT2D eigenvalue weighted by atomic mass is 9.92. The molecule has 1 aromatic heterocycles. The molecule has 1 aromatic carbocycles. The Morgan fingerprint density at radius 3 is 2.42 bits per heavy atom. The molecule has 2 aromatic rings. The van der Waals surface area contributed by atoms with Gasteiger partial charge in [-0.15, -0.1) is 0 Å². The Hall–Kier alpha value is -2.54. The highest BCUT2D eigenvalue weighted by Gasteiger charge is 2.22. The van der Waals surface area contributed by atoms with Gasteiger partial charge in [-0.1, -0.05) is 20.8 Å². The molecule has 0 radical (unpaired) electrons. The van der Waals surface area contributed by atoms with Gasteiger partial charge in [0.05, 0.1) is 12.8 Å². The molecule has 7 nitrogen and oxygen atoms in total. The first-order valence-electron chi connectivity index (χ1n) is 8.48. The molecule has 26 heavy (non-hydrogen) atoms. The zero-order valence-corrected chi connectivity index (χ0v) is 15.9. The first-order chi connectivity index (χ1) is 12.2. The van der Waals surface area contributed by atoms with Gasteiger partial charge in [-0.3, -0.25) is 9.48 Å². The van der Waals surface area contributed by atoms with Crippen molar-refractivity contribution in [2.45, 2.75) is 32.3 Å². The first-order valence-corrected chi connectivity index (χ1v) is 8.48. The fourth-order valence-corrected chi connectivity index (χ4v) is 2.27. The van der Waals surface area contributed by atoms with E-state index >= 15 is 0 Å². The molecule has 2 rings (SSSR count). The molecule has 7 heteroatoms. The third-order valence-electron chi connectivity index (χ3n) is 3.88. The average molecular weight is 361 g/mol. The standard InChI is InChI=1S/C19H27N3O4/c1-19(2,3)17-10-16(22(4)21-17)18(24)20-11-13(23)12-26-15-8-6-14(25-5)7-9-15/h6-10,13,23H,11-12H2,1-5H3,(H,20,24)/t13-/m0/s1. The average Bonchev–Trinajstić information content (AvgIpc) is 3.00. The second kappa shape index (κ2) is 8.23. The zero-order valence-electron chi connectivity index (χ0n) is 15.9. The number of hydrogen-bond donors (Lipinski definition) is 2. The molecule has 0 aliphatic rings. The van der Waals surface area contributed by atoms with E-state index in [1.165, 1.54) is 0 Å². The predicted octanol–water partition coefficient (Wildman–Crippen LogP) is 1.90. The molecule has 0 unspecified atom stereocenters. The number of hydrogen-bond acceptors (Lipinski definition) is 5. The van der Waals surface area contributed by atoms with Gasteiger partial charge in [-0.25, -0.2) is 0 Å². The Balaban J connectivity index is 1.83. The summed E-state index contributed by atoms with van der Waals surface area (Å²) in [5.74, 6) is 1.08. The van der Waals surface area contributed by atoms with Gasteiger partial charge in [0.25, 0.3) is 5.91 Å². The molecule has 1 amide bonds. The number of aliphatic hydroxyl groups is 1. The maximum atomic E-state index is 12.3. The van der Waals surface area contributed by atoms with Crippen molar-refractivity contribution in [3.63, 3.8) is 0 Å². The lowest BCUT2D eigenvalue weighted by Crippen LogP contribution is -2.36. The topological polar surface area (TPSA) is 85.6 Å². The summed E-state index contributed by atoms with van der Waals surface area (Å²) in [6.45, 7) is 6.28. The Morgan fingerprint density at radius 2 is 1.88 bits per heavy atom. The van der Waals surface area contributed by atoms with Crippen molar-refractivity contribution in [2.24, 2.45) is 7.05 Å². The molecule has 0 aliphatic carbocycles. The van der Waals surface area contributed by atoms with Crippen LogP contribution in [0.3, 0.4) is 0 Å². The summed E-state index contributed by atoms with van der Waals surface area (Å²) in [4.78, 5) is 12.3. The Bertz CT molecular complexity index is 732. The van der Waals surface area contributed by atoms with Crippen molar-refractivity contribution in [3.05, 3.63) is 41.7 Å². The van der Waals surface area contributed by atoms with Gasteiger partial charge in [-0.2, -0.15) is 5.10 Å². The summed E-state index contributed by atoms with van der Waals surface area (Å²) >= 11 is 0. The monoisotopic (exact) mass is 361 g/mol. The number of ether oxygens (including phenoxy) is 2. The minimum Gasteiger partial charge on any atom is -0.497 e. The molecule has 0 bridgehead atoms. The van der Waals surface area contributed by atoms with Crippen LogP contribution in [0, 0.1) is 0 Å². The van der Waals surface area contributed by atoms with Gasteiger partial charge in [0.2, 0.25) is 0 Å². The predicted molar refractivity (Wildman–Crippen MR) is 98.7 cm³/mol. The second-order valence-electron chi connectivity index (χ2n) is 7.14. The molecule has 2 N–H and O–H groups in total. The van der Waals surface area contributed by atoms with Crippen LogP contribution in [-0.4, -0.2) is 47.2 Å². The van der Waals surface area contributed by atoms with E-state index in [0.717, 1.165) is 11.4 Å². The van der Waals surface area contributed by atoms with Crippen molar-refractivity contribution in [2.75, 3.05) is 20.3 Å². The number of benzene rings is 1. The third kappa shape index (κ3) is 5.23. The summed E-state index contributed by atoms with van der Waals surface area (Å²) in [7, 11) is 3.32. The molecule has 142 valence electrons. The van der Waals surface area contributed by atoms with E-state index in [0.29, 0.717) is 11.4 Å². The van der Waals surface area contributed by atoms with Crippen LogP contribution in [0.5, 0.6) is 11.5 Å². The van der Waals surface area contributed by atoms with Gasteiger partial charge in [0.1, 0.15) is 29.9 Å². The van der Waals surface area contributed by atoms with Crippen molar-refractivity contribution >= 4 is 5.91 Å². The highest BCUT2D eigenvalue weighted by atomic mass is 16.5. The largest absolute Gasteiger partial charge is 0.497 e. The molecule has 1 atom stereocenters. The van der Waals surface area contributed by atoms with E-state index in [4.69, 9.17) is 9.47 Å². The van der Waals surface area contributed by atoms with Gasteiger partial charge >= 0.3 is 0 Å². The molecular formula is C19H27N3O4. The van der Waals surface area contributed by atoms with E-state index in [9.17, 15) is 9.90 Å². The van der Waals surface area contributed by atoms with Gasteiger partial charge < -0.3 is 19.9 Å². The third-order valence-corrected chi connectivity index (χ3v) is 3.88. The fraction of sp³-hybridized carbons (Fsp3) is 0.474. The summed E-state index contributed by atoms with van der Waals surface area (Å²) in [6, 6.07) is 8.84. The minimum absolute atomic E-state index is 0.0746. The van der Waals surface area contributed by atoms with Gasteiger partial charge in [0, 0.05) is 19.0 Å². The maximum absolute atomic E-state index is 12.3. The molecule has 1 heterocycles. The van der Waals surface area contributed by atoms with Crippen LogP contribution in [0.2, 0.25) is 0 Å². The van der Waals surface area contributed by atoms with E-state index in [2.05, 4.69) is 10.4 Å². The molecule has 0 saturated carbocycles. The van der Waals surface area contributed by atoms with Crippen molar-refractivity contribution < 1.29 is 19.4 Å². The molecular weight excluding hydrogens is 334 g/mol. The first kappa shape index (κ1) is 19.8. The van der Waals surface area contributed by atoms with E-state index < -0.39 is 6.10 Å². The van der Waals surface area contributed by atoms with Crippen LogP contribution >= 0.6 is 0 Å². The van der Waals surface area contributed by atoms with Crippen LogP contribution in [0.4, 0.5) is 0 Å². The highest BCUT2D eigenvalue weighted by molar-refractivity contribution is 5.92. The molecule has 0 saturated heterocycles. The number of amides is 1. The van der Waals surface area contributed by atoms with Crippen LogP contribution in [0.25, 0.3) is 0 Å². The summed E-state index contributed by atoms with van der Waals surface area (Å²) < 4.78 is 12.1. The van der Waals surface area contributed by atoms with Crippen molar-refractivity contribution in [1.82, 2.24) is 15.1 Å². The van der Waals surface area contributed by atoms with Crippen molar-refractivity contribution in [1.29, 1.82) is 0 Å². The van der Waals surface area contributed by atoms with Gasteiger partial charge in [0.15, 0.2) is 0 Å². The minimum atomic E-state index is -0.823. The zero-order chi connectivity index (χ0) is 19.3. The fourth-order valence-electron chi connectivity index (χ4n) is 2.27. The highest BCUT2D eigenvalue weighted by Crippen LogP contribution is 2.21. The molecule has 0 aliphatic heterocycles. The lowest BCUT2D eigenvalue weighted by Gasteiger charge is -2.14. The number of carbonyl (C=O) groups is 1. The number of nitrogens with one attached hydrogen (secondary N) is 1. The molecule has 0 fully saturated rings.